The van der Waals surface area contributed by atoms with Gasteiger partial charge in [-0.3, -0.25) is 4.79 Å². The minimum Gasteiger partial charge on any atom is -0.365 e. The van der Waals surface area contributed by atoms with Crippen LogP contribution >= 0.6 is 0 Å². The van der Waals surface area contributed by atoms with Gasteiger partial charge in [-0.2, -0.15) is 0 Å². The number of amides is 1. The fourth-order valence-corrected chi connectivity index (χ4v) is 4.59. The van der Waals surface area contributed by atoms with E-state index in [9.17, 15) is 4.79 Å². The molecule has 3 heterocycles. The van der Waals surface area contributed by atoms with Gasteiger partial charge in [0.25, 0.3) is 5.91 Å². The molecule has 0 radical (unpaired) electrons. The van der Waals surface area contributed by atoms with Gasteiger partial charge in [-0.15, -0.1) is 6.58 Å². The Hall–Kier alpha value is -2.85. The van der Waals surface area contributed by atoms with Crippen LogP contribution in [0.1, 0.15) is 28.8 Å². The van der Waals surface area contributed by atoms with Crippen molar-refractivity contribution in [3.05, 3.63) is 84.1 Å². The van der Waals surface area contributed by atoms with Gasteiger partial charge in [0.05, 0.1) is 6.61 Å². The van der Waals surface area contributed by atoms with Gasteiger partial charge < -0.3 is 14.2 Å². The number of carbonyl (C=O) groups is 1. The first-order valence-corrected chi connectivity index (χ1v) is 9.36. The van der Waals surface area contributed by atoms with E-state index in [1.807, 2.05) is 29.2 Å². The zero-order valence-electron chi connectivity index (χ0n) is 15.3. The number of aryl methyl sites for hydroxylation is 1. The first kappa shape index (κ1) is 16.3. The fraction of sp³-hybridized carbons (Fsp3) is 0.261. The largest absolute Gasteiger partial charge is 0.365 e. The highest BCUT2D eigenvalue weighted by Crippen LogP contribution is 2.47. The standard InChI is InChI=1S/C23H22N2O2/c1-3-16-14-27-22-21(25(23(22)26)13-15-9-5-4-6-10-15)20-19(16)17-11-7-8-12-18(17)24(20)2/h3-12,16,21-22H,1,13-14H2,2H3. The van der Waals surface area contributed by atoms with Gasteiger partial charge in [0.15, 0.2) is 6.10 Å². The Morgan fingerprint density at radius 2 is 1.89 bits per heavy atom. The molecule has 2 aliphatic heterocycles. The smallest absolute Gasteiger partial charge is 0.255 e. The Labute approximate surface area is 158 Å². The Morgan fingerprint density at radius 1 is 1.15 bits per heavy atom. The quantitative estimate of drug-likeness (QED) is 0.525. The molecule has 2 aromatic carbocycles. The van der Waals surface area contributed by atoms with E-state index in [4.69, 9.17) is 4.74 Å². The van der Waals surface area contributed by atoms with Crippen molar-refractivity contribution in [2.24, 2.45) is 7.05 Å². The number of β-lactam (4-membered cyclic amide) rings is 1. The summed E-state index contributed by atoms with van der Waals surface area (Å²) in [4.78, 5) is 14.8. The van der Waals surface area contributed by atoms with Crippen LogP contribution in [0.2, 0.25) is 0 Å². The van der Waals surface area contributed by atoms with E-state index in [0.29, 0.717) is 13.2 Å². The lowest BCUT2D eigenvalue weighted by atomic mass is 9.88. The summed E-state index contributed by atoms with van der Waals surface area (Å²) in [6.45, 7) is 5.13. The predicted molar refractivity (Wildman–Crippen MR) is 105 cm³/mol. The van der Waals surface area contributed by atoms with Gasteiger partial charge in [0.1, 0.15) is 6.04 Å². The summed E-state index contributed by atoms with van der Waals surface area (Å²) in [5.74, 6) is 0.160. The average molecular weight is 358 g/mol. The Kier molecular flexibility index (Phi) is 3.69. The Morgan fingerprint density at radius 3 is 2.67 bits per heavy atom. The summed E-state index contributed by atoms with van der Waals surface area (Å²) < 4.78 is 8.29. The van der Waals surface area contributed by atoms with Gasteiger partial charge in [0, 0.05) is 36.1 Å². The third kappa shape index (κ3) is 2.30. The average Bonchev–Trinajstić information content (AvgIpc) is 2.90. The number of carbonyl (C=O) groups excluding carboxylic acids is 1. The summed E-state index contributed by atoms with van der Waals surface area (Å²) >= 11 is 0. The molecule has 3 unspecified atom stereocenters. The van der Waals surface area contributed by atoms with Crippen molar-refractivity contribution < 1.29 is 9.53 Å². The molecule has 0 N–H and O–H groups in total. The second-order valence-corrected chi connectivity index (χ2v) is 7.37. The van der Waals surface area contributed by atoms with Crippen LogP contribution in [0.3, 0.4) is 0 Å². The summed E-state index contributed by atoms with van der Waals surface area (Å²) in [5.41, 5.74) is 4.75. The zero-order chi connectivity index (χ0) is 18.5. The number of benzene rings is 2. The summed E-state index contributed by atoms with van der Waals surface area (Å²) in [7, 11) is 2.09. The zero-order valence-corrected chi connectivity index (χ0v) is 15.3. The fourth-order valence-electron chi connectivity index (χ4n) is 4.59. The van der Waals surface area contributed by atoms with E-state index in [1.54, 1.807) is 0 Å². The van der Waals surface area contributed by atoms with Crippen LogP contribution in [0, 0.1) is 0 Å². The van der Waals surface area contributed by atoms with E-state index in [0.717, 1.165) is 5.56 Å². The van der Waals surface area contributed by atoms with E-state index < -0.39 is 6.10 Å². The lowest BCUT2D eigenvalue weighted by Gasteiger charge is -2.46. The molecule has 1 amide bonds. The molecule has 4 heteroatoms. The number of hydrogen-bond donors (Lipinski definition) is 0. The van der Waals surface area contributed by atoms with Gasteiger partial charge >= 0.3 is 0 Å². The highest BCUT2D eigenvalue weighted by Gasteiger charge is 2.53. The number of fused-ring (bicyclic) bond motifs is 5. The first-order valence-electron chi connectivity index (χ1n) is 9.36. The van der Waals surface area contributed by atoms with Crippen LogP contribution in [0.25, 0.3) is 10.9 Å². The first-order chi connectivity index (χ1) is 13.2. The van der Waals surface area contributed by atoms with Crippen molar-refractivity contribution in [3.8, 4) is 0 Å². The van der Waals surface area contributed by atoms with Crippen LogP contribution in [-0.2, 0) is 23.1 Å². The molecule has 1 fully saturated rings. The van der Waals surface area contributed by atoms with Crippen molar-refractivity contribution >= 4 is 16.8 Å². The summed E-state index contributed by atoms with van der Waals surface area (Å²) in [6.07, 6.45) is 1.54. The molecule has 3 atom stereocenters. The third-order valence-electron chi connectivity index (χ3n) is 5.93. The SMILES string of the molecule is C=CC1COC2C(=O)N(Cc3ccccc3)C2c2c1c1ccccc1n2C. The number of rotatable bonds is 3. The molecular weight excluding hydrogens is 336 g/mol. The number of ether oxygens (including phenoxy) is 1. The number of para-hydroxylation sites is 1. The van der Waals surface area contributed by atoms with E-state index in [1.165, 1.54) is 22.2 Å². The van der Waals surface area contributed by atoms with Crippen molar-refractivity contribution in [2.45, 2.75) is 24.6 Å². The molecule has 27 heavy (non-hydrogen) atoms. The maximum Gasteiger partial charge on any atom is 0.255 e. The molecule has 0 bridgehead atoms. The molecule has 1 aromatic heterocycles. The molecule has 0 spiro atoms. The summed E-state index contributed by atoms with van der Waals surface area (Å²) in [6, 6.07) is 18.5. The van der Waals surface area contributed by atoms with Gasteiger partial charge in [-0.1, -0.05) is 54.6 Å². The molecule has 5 rings (SSSR count). The van der Waals surface area contributed by atoms with Crippen LogP contribution in [-0.4, -0.2) is 28.1 Å². The second kappa shape index (κ2) is 6.10. The minimum absolute atomic E-state index is 0.0601. The summed E-state index contributed by atoms with van der Waals surface area (Å²) in [5, 5.41) is 1.23. The van der Waals surface area contributed by atoms with Gasteiger partial charge in [-0.05, 0) is 17.2 Å². The maximum atomic E-state index is 12.9. The molecule has 0 saturated carbocycles. The molecule has 4 nitrogen and oxygen atoms in total. The highest BCUT2D eigenvalue weighted by atomic mass is 16.5. The molecule has 2 aliphatic rings. The van der Waals surface area contributed by atoms with Gasteiger partial charge in [0.2, 0.25) is 0 Å². The van der Waals surface area contributed by atoms with Crippen molar-refractivity contribution in [2.75, 3.05) is 6.61 Å². The lowest BCUT2D eigenvalue weighted by Crippen LogP contribution is -2.59. The van der Waals surface area contributed by atoms with Crippen LogP contribution < -0.4 is 0 Å². The van der Waals surface area contributed by atoms with E-state index in [2.05, 4.69) is 54.6 Å². The van der Waals surface area contributed by atoms with Crippen molar-refractivity contribution in [1.82, 2.24) is 9.47 Å². The van der Waals surface area contributed by atoms with Crippen LogP contribution in [0.15, 0.2) is 67.3 Å². The Bertz CT molecular complexity index is 1040. The van der Waals surface area contributed by atoms with E-state index in [-0.39, 0.29) is 17.9 Å². The predicted octanol–water partition coefficient (Wildman–Crippen LogP) is 3.93. The van der Waals surface area contributed by atoms with Crippen LogP contribution in [0.5, 0.6) is 0 Å². The molecule has 0 aliphatic carbocycles. The minimum atomic E-state index is -0.402. The number of hydrogen-bond acceptors (Lipinski definition) is 2. The lowest BCUT2D eigenvalue weighted by molar-refractivity contribution is -0.176. The monoisotopic (exact) mass is 358 g/mol. The number of aromatic nitrogens is 1. The normalized spacial score (nSPS) is 24.1. The molecule has 136 valence electrons. The van der Waals surface area contributed by atoms with Crippen molar-refractivity contribution in [3.63, 3.8) is 0 Å². The molecule has 1 saturated heterocycles. The van der Waals surface area contributed by atoms with Crippen LogP contribution in [0.4, 0.5) is 0 Å². The van der Waals surface area contributed by atoms with E-state index >= 15 is 0 Å². The highest BCUT2D eigenvalue weighted by molar-refractivity contribution is 5.92. The topological polar surface area (TPSA) is 34.5 Å². The molecular formula is C23H22N2O2. The van der Waals surface area contributed by atoms with Crippen molar-refractivity contribution in [1.29, 1.82) is 0 Å². The number of likely N-dealkylation sites (tertiary alicyclic amines) is 1. The second-order valence-electron chi connectivity index (χ2n) is 7.37. The molecule has 3 aromatic rings. The maximum absolute atomic E-state index is 12.9. The third-order valence-corrected chi connectivity index (χ3v) is 5.93. The number of nitrogens with zero attached hydrogens (tertiary/aromatic N) is 2. The van der Waals surface area contributed by atoms with Gasteiger partial charge in [-0.25, -0.2) is 0 Å². The Balaban J connectivity index is 1.66.